The Labute approximate surface area is 49.7 Å². The summed E-state index contributed by atoms with van der Waals surface area (Å²) in [4.78, 5) is 2.21. The van der Waals surface area contributed by atoms with Gasteiger partial charge in [0.2, 0.25) is 0 Å². The van der Waals surface area contributed by atoms with E-state index in [1.807, 2.05) is 6.20 Å². The smallest absolute Gasteiger partial charge is 0.105 e. The summed E-state index contributed by atoms with van der Waals surface area (Å²) in [5.74, 6) is 0. The van der Waals surface area contributed by atoms with Crippen LogP contribution in [0.4, 0.5) is 0 Å². The van der Waals surface area contributed by atoms with Gasteiger partial charge in [0.15, 0.2) is 0 Å². The monoisotopic (exact) mass is 113 g/mol. The van der Waals surface area contributed by atoms with E-state index >= 15 is 0 Å². The van der Waals surface area contributed by atoms with Gasteiger partial charge in [-0.15, -0.1) is 0 Å². The van der Waals surface area contributed by atoms with E-state index in [0.29, 0.717) is 0 Å². The predicted molar refractivity (Wildman–Crippen MR) is 32.3 cm³/mol. The van der Waals surface area contributed by atoms with Crippen molar-refractivity contribution in [2.75, 3.05) is 19.7 Å². The van der Waals surface area contributed by atoms with Gasteiger partial charge in [0.25, 0.3) is 0 Å². The maximum Gasteiger partial charge on any atom is 0.105 e. The Morgan fingerprint density at radius 3 is 3.00 bits per heavy atom. The first kappa shape index (κ1) is 5.48. The van der Waals surface area contributed by atoms with E-state index in [9.17, 15) is 0 Å². The van der Waals surface area contributed by atoms with Crippen molar-refractivity contribution in [1.82, 2.24) is 4.90 Å². The van der Waals surface area contributed by atoms with Crippen LogP contribution in [0.2, 0.25) is 0 Å². The largest absolute Gasteiger partial charge is 0.498 e. The second-order valence-corrected chi connectivity index (χ2v) is 1.78. The van der Waals surface area contributed by atoms with Crippen LogP contribution < -0.4 is 0 Å². The zero-order chi connectivity index (χ0) is 5.82. The summed E-state index contributed by atoms with van der Waals surface area (Å²) in [6.45, 7) is 5.09. The molecule has 0 radical (unpaired) electrons. The molecule has 1 aliphatic rings. The molecule has 0 aromatic heterocycles. The third kappa shape index (κ3) is 1.15. The molecule has 0 saturated heterocycles. The Morgan fingerprint density at radius 1 is 1.75 bits per heavy atom. The molecule has 0 aliphatic carbocycles. The third-order valence-corrected chi connectivity index (χ3v) is 1.27. The fraction of sp³-hybridized carbons (Fsp3) is 0.667. The molecule has 1 aliphatic heterocycles. The van der Waals surface area contributed by atoms with Crippen molar-refractivity contribution in [2.45, 2.75) is 6.92 Å². The number of likely N-dealkylation sites (N-methyl/N-ethyl adjacent to an activating group) is 1. The summed E-state index contributed by atoms with van der Waals surface area (Å²) in [6.07, 6.45) is 3.72. The second kappa shape index (κ2) is 2.60. The molecule has 1 heterocycles. The van der Waals surface area contributed by atoms with Crippen LogP contribution in [-0.2, 0) is 4.74 Å². The molecule has 0 amide bonds. The van der Waals surface area contributed by atoms with Gasteiger partial charge in [-0.3, -0.25) is 0 Å². The standard InChI is InChI=1S/C6H11NO/c1-2-7-3-5-8-6-4-7/h3,5H,2,4,6H2,1H3. The zero-order valence-electron chi connectivity index (χ0n) is 5.13. The Morgan fingerprint density at radius 2 is 2.62 bits per heavy atom. The van der Waals surface area contributed by atoms with Gasteiger partial charge in [-0.2, -0.15) is 0 Å². The highest BCUT2D eigenvalue weighted by atomic mass is 16.5. The van der Waals surface area contributed by atoms with E-state index in [0.717, 1.165) is 19.7 Å². The van der Waals surface area contributed by atoms with Crippen molar-refractivity contribution < 1.29 is 4.74 Å². The fourth-order valence-corrected chi connectivity index (χ4v) is 0.705. The molecule has 0 N–H and O–H groups in total. The van der Waals surface area contributed by atoms with Crippen molar-refractivity contribution in [3.63, 3.8) is 0 Å². The van der Waals surface area contributed by atoms with E-state index in [1.165, 1.54) is 0 Å². The highest BCUT2D eigenvalue weighted by Crippen LogP contribution is 1.95. The highest BCUT2D eigenvalue weighted by molar-refractivity contribution is 4.78. The lowest BCUT2D eigenvalue weighted by atomic mass is 10.5. The molecule has 0 fully saturated rings. The van der Waals surface area contributed by atoms with E-state index in [-0.39, 0.29) is 0 Å². The van der Waals surface area contributed by atoms with Crippen molar-refractivity contribution in [3.05, 3.63) is 12.5 Å². The van der Waals surface area contributed by atoms with E-state index in [1.54, 1.807) is 6.26 Å². The number of nitrogens with zero attached hydrogens (tertiary/aromatic N) is 1. The molecule has 46 valence electrons. The average molecular weight is 113 g/mol. The quantitative estimate of drug-likeness (QED) is 0.499. The van der Waals surface area contributed by atoms with Gasteiger partial charge in [-0.25, -0.2) is 0 Å². The molecule has 0 atom stereocenters. The lowest BCUT2D eigenvalue weighted by Crippen LogP contribution is -2.24. The maximum atomic E-state index is 4.98. The minimum absolute atomic E-state index is 0.838. The van der Waals surface area contributed by atoms with Gasteiger partial charge < -0.3 is 9.64 Å². The lowest BCUT2D eigenvalue weighted by Gasteiger charge is -2.20. The molecule has 0 saturated carbocycles. The lowest BCUT2D eigenvalue weighted by molar-refractivity contribution is 0.176. The minimum Gasteiger partial charge on any atom is -0.498 e. The Hall–Kier alpha value is -0.660. The van der Waals surface area contributed by atoms with Crippen LogP contribution in [0.15, 0.2) is 12.5 Å². The number of rotatable bonds is 1. The van der Waals surface area contributed by atoms with Crippen LogP contribution >= 0.6 is 0 Å². The van der Waals surface area contributed by atoms with E-state index < -0.39 is 0 Å². The molecule has 8 heavy (non-hydrogen) atoms. The van der Waals surface area contributed by atoms with Crippen LogP contribution in [0.25, 0.3) is 0 Å². The fourth-order valence-electron chi connectivity index (χ4n) is 0.705. The minimum atomic E-state index is 0.838. The van der Waals surface area contributed by atoms with Crippen LogP contribution in [0, 0.1) is 0 Å². The number of hydrogen-bond acceptors (Lipinski definition) is 2. The van der Waals surface area contributed by atoms with E-state index in [4.69, 9.17) is 4.74 Å². The van der Waals surface area contributed by atoms with E-state index in [2.05, 4.69) is 11.8 Å². The van der Waals surface area contributed by atoms with Crippen molar-refractivity contribution in [1.29, 1.82) is 0 Å². The molecule has 0 spiro atoms. The van der Waals surface area contributed by atoms with Crippen LogP contribution in [0.1, 0.15) is 6.92 Å². The van der Waals surface area contributed by atoms with Crippen LogP contribution in [0.5, 0.6) is 0 Å². The van der Waals surface area contributed by atoms with Gasteiger partial charge >= 0.3 is 0 Å². The first-order chi connectivity index (χ1) is 3.93. The summed E-state index contributed by atoms with van der Waals surface area (Å²) in [5.41, 5.74) is 0. The van der Waals surface area contributed by atoms with Gasteiger partial charge in [0, 0.05) is 12.7 Å². The highest BCUT2D eigenvalue weighted by Gasteiger charge is 1.98. The SMILES string of the molecule is CCN1C=COCC1. The van der Waals surface area contributed by atoms with Crippen molar-refractivity contribution in [3.8, 4) is 0 Å². The summed E-state index contributed by atoms with van der Waals surface area (Å²) >= 11 is 0. The maximum absolute atomic E-state index is 4.98. The molecule has 0 aromatic carbocycles. The molecule has 2 heteroatoms. The normalized spacial score (nSPS) is 18.4. The summed E-state index contributed by atoms with van der Waals surface area (Å²) < 4.78 is 4.98. The molecule has 0 bridgehead atoms. The average Bonchev–Trinajstić information content (AvgIpc) is 1.90. The number of hydrogen-bond donors (Lipinski definition) is 0. The summed E-state index contributed by atoms with van der Waals surface area (Å²) in [6, 6.07) is 0. The molecule has 0 unspecified atom stereocenters. The Bertz CT molecular complexity index is 90.5. The van der Waals surface area contributed by atoms with Gasteiger partial charge in [-0.1, -0.05) is 0 Å². The van der Waals surface area contributed by atoms with Crippen molar-refractivity contribution >= 4 is 0 Å². The molecule has 0 aromatic rings. The van der Waals surface area contributed by atoms with Gasteiger partial charge in [0.05, 0.1) is 12.8 Å². The topological polar surface area (TPSA) is 12.5 Å². The Kier molecular flexibility index (Phi) is 1.78. The first-order valence-corrected chi connectivity index (χ1v) is 2.96. The first-order valence-electron chi connectivity index (χ1n) is 2.96. The van der Waals surface area contributed by atoms with Crippen LogP contribution in [0.3, 0.4) is 0 Å². The summed E-state index contributed by atoms with van der Waals surface area (Å²) in [5, 5.41) is 0. The third-order valence-electron chi connectivity index (χ3n) is 1.27. The molecular formula is C6H11NO. The molecule has 2 nitrogen and oxygen atoms in total. The van der Waals surface area contributed by atoms with Crippen LogP contribution in [-0.4, -0.2) is 24.6 Å². The van der Waals surface area contributed by atoms with Crippen molar-refractivity contribution in [2.24, 2.45) is 0 Å². The zero-order valence-corrected chi connectivity index (χ0v) is 5.13. The summed E-state index contributed by atoms with van der Waals surface area (Å²) in [7, 11) is 0. The predicted octanol–water partition coefficient (Wildman–Crippen LogP) is 0.810. The molecule has 1 rings (SSSR count). The Balaban J connectivity index is 2.32. The van der Waals surface area contributed by atoms with Gasteiger partial charge in [0.1, 0.15) is 6.61 Å². The second-order valence-electron chi connectivity index (χ2n) is 1.78. The molecular weight excluding hydrogens is 102 g/mol. The number of ether oxygens (including phenoxy) is 1. The van der Waals surface area contributed by atoms with Gasteiger partial charge in [-0.05, 0) is 6.92 Å².